The molecule has 0 aliphatic carbocycles. The molecule has 0 spiro atoms. The van der Waals surface area contributed by atoms with Gasteiger partial charge in [-0.25, -0.2) is 0 Å². The molecule has 3 rings (SSSR count). The zero-order valence-electron chi connectivity index (χ0n) is 20.4. The molecule has 0 radical (unpaired) electrons. The predicted molar refractivity (Wildman–Crippen MR) is 136 cm³/mol. The third-order valence-electron chi connectivity index (χ3n) is 6.07. The number of rotatable bonds is 12. The first kappa shape index (κ1) is 24.6. The topological polar surface area (TPSA) is 35.5 Å². The maximum Gasteiger partial charge on any atom is 0.193 e. The fourth-order valence-corrected chi connectivity index (χ4v) is 3.96. The minimum atomic E-state index is 0.0231. The molecule has 3 aromatic rings. The first-order valence-corrected chi connectivity index (χ1v) is 12.1. The van der Waals surface area contributed by atoms with Gasteiger partial charge in [0.2, 0.25) is 0 Å². The maximum absolute atomic E-state index is 13.0. The van der Waals surface area contributed by atoms with Crippen LogP contribution in [0.4, 0.5) is 0 Å². The van der Waals surface area contributed by atoms with Gasteiger partial charge in [-0.15, -0.1) is 0 Å². The third-order valence-corrected chi connectivity index (χ3v) is 6.07. The summed E-state index contributed by atoms with van der Waals surface area (Å²) in [5.41, 5.74) is 2.77. The van der Waals surface area contributed by atoms with Gasteiger partial charge in [-0.2, -0.15) is 0 Å². The van der Waals surface area contributed by atoms with Crippen molar-refractivity contribution in [1.29, 1.82) is 0 Å². The van der Waals surface area contributed by atoms with Crippen LogP contribution in [0, 0.1) is 0 Å². The smallest absolute Gasteiger partial charge is 0.193 e. The molecule has 0 aromatic heterocycles. The standard InChI is InChI=1S/C30H36O3/c1-5-7-8-9-22-30(3,4)25-14-10-23(11-15-25)29(31)24-12-16-27(17-13-24)33-28-20-18-26(19-21-28)32-6-2/h10-21H,5-9,22H2,1-4H3. The number of unbranched alkanes of at least 4 members (excludes halogenated alkanes) is 3. The number of hydrogen-bond donors (Lipinski definition) is 0. The van der Waals surface area contributed by atoms with E-state index in [1.807, 2.05) is 67.6 Å². The molecule has 0 aliphatic heterocycles. The van der Waals surface area contributed by atoms with Crippen molar-refractivity contribution in [1.82, 2.24) is 0 Å². The second-order valence-corrected chi connectivity index (χ2v) is 9.13. The Balaban J connectivity index is 1.61. The van der Waals surface area contributed by atoms with Gasteiger partial charge in [-0.1, -0.05) is 70.7 Å². The Bertz CT molecular complexity index is 1000. The molecule has 0 saturated carbocycles. The van der Waals surface area contributed by atoms with E-state index >= 15 is 0 Å². The summed E-state index contributed by atoms with van der Waals surface area (Å²) in [5.74, 6) is 2.26. The molecule has 3 heteroatoms. The van der Waals surface area contributed by atoms with E-state index in [-0.39, 0.29) is 11.2 Å². The predicted octanol–water partition coefficient (Wildman–Crippen LogP) is 8.36. The first-order valence-electron chi connectivity index (χ1n) is 12.1. The van der Waals surface area contributed by atoms with Gasteiger partial charge in [0.25, 0.3) is 0 Å². The molecule has 33 heavy (non-hydrogen) atoms. The van der Waals surface area contributed by atoms with Crippen LogP contribution in [-0.4, -0.2) is 12.4 Å². The van der Waals surface area contributed by atoms with Gasteiger partial charge >= 0.3 is 0 Å². The van der Waals surface area contributed by atoms with Gasteiger partial charge in [0, 0.05) is 11.1 Å². The van der Waals surface area contributed by atoms with Crippen LogP contribution in [0.25, 0.3) is 0 Å². The second-order valence-electron chi connectivity index (χ2n) is 9.13. The molecule has 3 aromatic carbocycles. The summed E-state index contributed by atoms with van der Waals surface area (Å²) in [6.07, 6.45) is 6.25. The van der Waals surface area contributed by atoms with Crippen molar-refractivity contribution in [3.63, 3.8) is 0 Å². The van der Waals surface area contributed by atoms with Gasteiger partial charge in [0.1, 0.15) is 17.2 Å². The van der Waals surface area contributed by atoms with Gasteiger partial charge in [-0.05, 0) is 72.9 Å². The van der Waals surface area contributed by atoms with Crippen LogP contribution in [-0.2, 0) is 5.41 Å². The summed E-state index contributed by atoms with van der Waals surface area (Å²) in [7, 11) is 0. The van der Waals surface area contributed by atoms with Crippen molar-refractivity contribution in [2.75, 3.05) is 6.61 Å². The van der Waals surface area contributed by atoms with E-state index in [4.69, 9.17) is 9.47 Å². The molecule has 3 nitrogen and oxygen atoms in total. The minimum absolute atomic E-state index is 0.0231. The minimum Gasteiger partial charge on any atom is -0.494 e. The summed E-state index contributed by atoms with van der Waals surface area (Å²) in [6, 6.07) is 22.9. The Hall–Kier alpha value is -3.07. The fourth-order valence-electron chi connectivity index (χ4n) is 3.96. The molecule has 174 valence electrons. The van der Waals surface area contributed by atoms with Crippen molar-refractivity contribution in [2.24, 2.45) is 0 Å². The molecule has 0 aliphatic rings. The zero-order valence-corrected chi connectivity index (χ0v) is 20.4. The van der Waals surface area contributed by atoms with Crippen LogP contribution in [0.1, 0.15) is 81.3 Å². The van der Waals surface area contributed by atoms with Crippen molar-refractivity contribution in [2.45, 2.75) is 65.2 Å². The monoisotopic (exact) mass is 444 g/mol. The first-order chi connectivity index (χ1) is 15.9. The Labute approximate surface area is 198 Å². The van der Waals surface area contributed by atoms with Crippen molar-refractivity contribution in [3.05, 3.63) is 89.5 Å². The maximum atomic E-state index is 13.0. The van der Waals surface area contributed by atoms with E-state index in [1.54, 1.807) is 0 Å². The Morgan fingerprint density at radius 3 is 1.76 bits per heavy atom. The lowest BCUT2D eigenvalue weighted by Crippen LogP contribution is -2.17. The van der Waals surface area contributed by atoms with Crippen LogP contribution < -0.4 is 9.47 Å². The lowest BCUT2D eigenvalue weighted by atomic mass is 9.79. The van der Waals surface area contributed by atoms with Gasteiger partial charge in [-0.3, -0.25) is 4.79 Å². The van der Waals surface area contributed by atoms with Crippen molar-refractivity contribution >= 4 is 5.78 Å². The Morgan fingerprint density at radius 2 is 1.21 bits per heavy atom. The molecule has 0 saturated heterocycles. The van der Waals surface area contributed by atoms with Crippen LogP contribution in [0.3, 0.4) is 0 Å². The number of carbonyl (C=O) groups is 1. The highest BCUT2D eigenvalue weighted by Gasteiger charge is 2.20. The molecule has 0 atom stereocenters. The molecule has 0 N–H and O–H groups in total. The SMILES string of the molecule is CCCCCCC(C)(C)c1ccc(C(=O)c2ccc(Oc3ccc(OCC)cc3)cc2)cc1. The quantitative estimate of drug-likeness (QED) is 0.208. The second kappa shape index (κ2) is 11.7. The average molecular weight is 445 g/mol. The van der Waals surface area contributed by atoms with E-state index in [0.29, 0.717) is 23.5 Å². The van der Waals surface area contributed by atoms with E-state index in [0.717, 1.165) is 17.9 Å². The highest BCUT2D eigenvalue weighted by atomic mass is 16.5. The normalized spacial score (nSPS) is 11.3. The molecule has 0 heterocycles. The van der Waals surface area contributed by atoms with Crippen LogP contribution in [0.5, 0.6) is 17.2 Å². The third kappa shape index (κ3) is 6.95. The lowest BCUT2D eigenvalue weighted by molar-refractivity contribution is 0.103. The summed E-state index contributed by atoms with van der Waals surface area (Å²) >= 11 is 0. The van der Waals surface area contributed by atoms with Crippen LogP contribution >= 0.6 is 0 Å². The average Bonchev–Trinajstić information content (AvgIpc) is 2.83. The van der Waals surface area contributed by atoms with Gasteiger partial charge in [0.15, 0.2) is 5.78 Å². The summed E-state index contributed by atoms with van der Waals surface area (Å²) in [5, 5.41) is 0. The van der Waals surface area contributed by atoms with E-state index in [9.17, 15) is 4.79 Å². The summed E-state index contributed by atoms with van der Waals surface area (Å²) < 4.78 is 11.3. The molecular formula is C30H36O3. The summed E-state index contributed by atoms with van der Waals surface area (Å²) in [6.45, 7) is 9.41. The van der Waals surface area contributed by atoms with Crippen LogP contribution in [0.15, 0.2) is 72.8 Å². The molecular weight excluding hydrogens is 408 g/mol. The number of hydrogen-bond acceptors (Lipinski definition) is 3. The zero-order chi connectivity index (χ0) is 23.7. The number of benzene rings is 3. The molecule has 0 fully saturated rings. The largest absolute Gasteiger partial charge is 0.494 e. The van der Waals surface area contributed by atoms with Crippen LogP contribution in [0.2, 0.25) is 0 Å². The number of ketones is 1. The Kier molecular flexibility index (Phi) is 8.71. The van der Waals surface area contributed by atoms with Crippen molar-refractivity contribution in [3.8, 4) is 17.2 Å². The van der Waals surface area contributed by atoms with Gasteiger partial charge < -0.3 is 9.47 Å². The van der Waals surface area contributed by atoms with E-state index < -0.39 is 0 Å². The fraction of sp³-hybridized carbons (Fsp3) is 0.367. The number of ether oxygens (including phenoxy) is 2. The molecule has 0 amide bonds. The number of carbonyl (C=O) groups excluding carboxylic acids is 1. The van der Waals surface area contributed by atoms with Crippen molar-refractivity contribution < 1.29 is 14.3 Å². The highest BCUT2D eigenvalue weighted by Crippen LogP contribution is 2.30. The molecule has 0 unspecified atom stereocenters. The Morgan fingerprint density at radius 1 is 0.697 bits per heavy atom. The van der Waals surface area contributed by atoms with Gasteiger partial charge in [0.05, 0.1) is 6.61 Å². The lowest BCUT2D eigenvalue weighted by Gasteiger charge is -2.25. The molecule has 0 bridgehead atoms. The van der Waals surface area contributed by atoms with E-state index in [2.05, 4.69) is 32.9 Å². The van der Waals surface area contributed by atoms with E-state index in [1.165, 1.54) is 31.2 Å². The summed E-state index contributed by atoms with van der Waals surface area (Å²) in [4.78, 5) is 13.0. The highest BCUT2D eigenvalue weighted by molar-refractivity contribution is 6.09.